The van der Waals surface area contributed by atoms with Crippen molar-refractivity contribution < 1.29 is 15.0 Å². The summed E-state index contributed by atoms with van der Waals surface area (Å²) in [6.07, 6.45) is 1.51. The van der Waals surface area contributed by atoms with Crippen LogP contribution >= 0.6 is 0 Å². The zero-order chi connectivity index (χ0) is 14.0. The minimum atomic E-state index is 0.240. The highest BCUT2D eigenvalue weighted by atomic mass is 16.5. The Balaban J connectivity index is 2.38. The Labute approximate surface area is 111 Å². The first-order valence-electron chi connectivity index (χ1n) is 5.91. The number of phenolic OH excluding ortho intramolecular Hbond substituents is 1. The van der Waals surface area contributed by atoms with Gasteiger partial charge in [0.25, 0.3) is 0 Å². The summed E-state index contributed by atoms with van der Waals surface area (Å²) in [5.74, 6) is 0.592. The molecule has 2 N–H and O–H groups in total. The van der Waals surface area contributed by atoms with E-state index in [1.54, 1.807) is 31.2 Å². The van der Waals surface area contributed by atoms with Gasteiger partial charge in [0, 0.05) is 6.07 Å². The van der Waals surface area contributed by atoms with Crippen molar-refractivity contribution in [1.29, 1.82) is 0 Å². The molecule has 0 aliphatic carbocycles. The molecule has 0 atom stereocenters. The Kier molecular flexibility index (Phi) is 3.46. The van der Waals surface area contributed by atoms with E-state index in [4.69, 9.17) is 0 Å². The topological polar surface area (TPSA) is 69.1 Å². The van der Waals surface area contributed by atoms with Gasteiger partial charge >= 0.3 is 5.82 Å². The number of nitrogens with zero attached hydrogens (tertiary/aromatic N) is 3. The maximum absolute atomic E-state index is 9.60. The molecule has 19 heavy (non-hydrogen) atoms. The zero-order valence-corrected chi connectivity index (χ0v) is 11.1. The summed E-state index contributed by atoms with van der Waals surface area (Å²) in [5.41, 5.74) is 3.21. The number of benzene rings is 1. The first-order valence-corrected chi connectivity index (χ1v) is 5.91. The number of pyridine rings is 1. The molecular weight excluding hydrogens is 242 g/mol. The van der Waals surface area contributed by atoms with Crippen molar-refractivity contribution in [3.8, 4) is 5.75 Å². The molecule has 0 fully saturated rings. The fraction of sp³-hybridized carbons (Fsp3) is 0.214. The number of aryl methyl sites for hydroxylation is 3. The highest BCUT2D eigenvalue weighted by molar-refractivity contribution is 5.52. The second kappa shape index (κ2) is 5.06. The summed E-state index contributed by atoms with van der Waals surface area (Å²) < 4.78 is 0.916. The van der Waals surface area contributed by atoms with Crippen molar-refractivity contribution in [3.05, 3.63) is 47.2 Å². The average Bonchev–Trinajstić information content (AvgIpc) is 2.36. The number of aromatic hydroxyl groups is 1. The Morgan fingerprint density at radius 2 is 1.74 bits per heavy atom. The van der Waals surface area contributed by atoms with Crippen LogP contribution in [0, 0.1) is 20.8 Å². The van der Waals surface area contributed by atoms with Gasteiger partial charge in [-0.15, -0.1) is 0 Å². The van der Waals surface area contributed by atoms with E-state index in [1.165, 1.54) is 6.20 Å². The van der Waals surface area contributed by atoms with Gasteiger partial charge in [-0.1, -0.05) is 0 Å². The van der Waals surface area contributed by atoms with Crippen molar-refractivity contribution in [2.24, 2.45) is 10.2 Å². The minimum absolute atomic E-state index is 0.240. The molecule has 5 heteroatoms. The quantitative estimate of drug-likeness (QED) is 0.493. The van der Waals surface area contributed by atoms with Crippen LogP contribution in [0.15, 0.2) is 40.7 Å². The minimum Gasteiger partial charge on any atom is -0.508 e. The SMILES string of the molecule is Cc1cc[n+](O)c(N=Nc2cc(C)c(O)cc2C)c1. The van der Waals surface area contributed by atoms with Crippen molar-refractivity contribution in [1.82, 2.24) is 0 Å². The van der Waals surface area contributed by atoms with Crippen LogP contribution in [0.3, 0.4) is 0 Å². The maximum Gasteiger partial charge on any atom is 0.388 e. The zero-order valence-electron chi connectivity index (χ0n) is 11.1. The van der Waals surface area contributed by atoms with Gasteiger partial charge in [0.15, 0.2) is 0 Å². The van der Waals surface area contributed by atoms with Crippen molar-refractivity contribution >= 4 is 11.5 Å². The number of rotatable bonds is 2. The van der Waals surface area contributed by atoms with Crippen molar-refractivity contribution in [2.45, 2.75) is 20.8 Å². The molecular formula is C14H16N3O2+. The highest BCUT2D eigenvalue weighted by Gasteiger charge is 2.10. The molecule has 0 amide bonds. The van der Waals surface area contributed by atoms with Crippen LogP contribution in [0.2, 0.25) is 0 Å². The van der Waals surface area contributed by atoms with E-state index in [0.29, 0.717) is 11.5 Å². The lowest BCUT2D eigenvalue weighted by Crippen LogP contribution is -2.29. The number of hydrogen-bond donors (Lipinski definition) is 2. The number of hydrogen-bond acceptors (Lipinski definition) is 4. The predicted octanol–water partition coefficient (Wildman–Crippen LogP) is 3.26. The van der Waals surface area contributed by atoms with Crippen LogP contribution in [0.4, 0.5) is 11.5 Å². The maximum atomic E-state index is 9.60. The van der Waals surface area contributed by atoms with Gasteiger partial charge in [-0.05, 0) is 65.5 Å². The van der Waals surface area contributed by atoms with Gasteiger partial charge in [0.1, 0.15) is 17.6 Å². The summed E-state index contributed by atoms with van der Waals surface area (Å²) in [4.78, 5) is 0. The van der Waals surface area contributed by atoms with E-state index in [2.05, 4.69) is 10.2 Å². The Bertz CT molecular complexity index is 651. The van der Waals surface area contributed by atoms with E-state index in [-0.39, 0.29) is 5.75 Å². The highest BCUT2D eigenvalue weighted by Crippen LogP contribution is 2.28. The summed E-state index contributed by atoms with van der Waals surface area (Å²) in [6.45, 7) is 5.55. The molecule has 0 bridgehead atoms. The van der Waals surface area contributed by atoms with Crippen LogP contribution in [0.25, 0.3) is 0 Å². The molecule has 1 aromatic carbocycles. The molecule has 2 aromatic rings. The average molecular weight is 258 g/mol. The third-order valence-corrected chi connectivity index (χ3v) is 2.84. The molecule has 0 unspecified atom stereocenters. The lowest BCUT2D eigenvalue weighted by atomic mass is 10.1. The number of aromatic nitrogens is 1. The van der Waals surface area contributed by atoms with Gasteiger partial charge in [0.2, 0.25) is 0 Å². The first-order chi connectivity index (χ1) is 8.97. The van der Waals surface area contributed by atoms with Crippen LogP contribution in [0.5, 0.6) is 5.75 Å². The van der Waals surface area contributed by atoms with E-state index >= 15 is 0 Å². The second-order valence-electron chi connectivity index (χ2n) is 4.53. The molecule has 0 saturated heterocycles. The summed E-state index contributed by atoms with van der Waals surface area (Å²) in [7, 11) is 0. The Hall–Kier alpha value is -2.43. The van der Waals surface area contributed by atoms with Gasteiger partial charge in [-0.3, -0.25) is 0 Å². The molecule has 0 aliphatic rings. The largest absolute Gasteiger partial charge is 0.508 e. The number of phenols is 1. The monoisotopic (exact) mass is 258 g/mol. The molecule has 0 spiro atoms. The number of azo groups is 1. The van der Waals surface area contributed by atoms with E-state index < -0.39 is 0 Å². The Morgan fingerprint density at radius 1 is 1.00 bits per heavy atom. The third-order valence-electron chi connectivity index (χ3n) is 2.84. The first kappa shape index (κ1) is 13.0. The van der Waals surface area contributed by atoms with Gasteiger partial charge < -0.3 is 10.3 Å². The van der Waals surface area contributed by atoms with Crippen LogP contribution in [0.1, 0.15) is 16.7 Å². The summed E-state index contributed by atoms with van der Waals surface area (Å²) in [5, 5.41) is 27.3. The van der Waals surface area contributed by atoms with E-state index in [0.717, 1.165) is 21.4 Å². The van der Waals surface area contributed by atoms with E-state index in [9.17, 15) is 10.3 Å². The molecule has 1 aromatic heterocycles. The molecule has 98 valence electrons. The third kappa shape index (κ3) is 2.88. The van der Waals surface area contributed by atoms with Crippen LogP contribution < -0.4 is 4.73 Å². The fourth-order valence-corrected chi connectivity index (χ4v) is 1.66. The standard InChI is InChI=1S/C14H15N3O2/c1-9-4-5-17(19)14(6-9)16-15-12-7-11(3)13(18)8-10(12)2/h4-8,19H,1-3H3/p+1. The predicted molar refractivity (Wildman–Crippen MR) is 70.3 cm³/mol. The van der Waals surface area contributed by atoms with Crippen LogP contribution in [-0.2, 0) is 0 Å². The van der Waals surface area contributed by atoms with Crippen molar-refractivity contribution in [2.75, 3.05) is 0 Å². The Morgan fingerprint density at radius 3 is 2.47 bits per heavy atom. The van der Waals surface area contributed by atoms with Crippen molar-refractivity contribution in [3.63, 3.8) is 0 Å². The normalized spacial score (nSPS) is 11.1. The smallest absolute Gasteiger partial charge is 0.388 e. The molecule has 0 aliphatic heterocycles. The van der Waals surface area contributed by atoms with Gasteiger partial charge in [-0.2, -0.15) is 0 Å². The lowest BCUT2D eigenvalue weighted by Gasteiger charge is -2.01. The van der Waals surface area contributed by atoms with Gasteiger partial charge in [0.05, 0.1) is 5.11 Å². The molecule has 0 saturated carbocycles. The lowest BCUT2D eigenvalue weighted by molar-refractivity contribution is -0.894. The molecule has 0 radical (unpaired) electrons. The summed E-state index contributed by atoms with van der Waals surface area (Å²) >= 11 is 0. The molecule has 2 rings (SSSR count). The molecule has 1 heterocycles. The van der Waals surface area contributed by atoms with Crippen LogP contribution in [-0.4, -0.2) is 10.3 Å². The fourth-order valence-electron chi connectivity index (χ4n) is 1.66. The van der Waals surface area contributed by atoms with E-state index in [1.807, 2.05) is 13.8 Å². The molecule has 5 nitrogen and oxygen atoms in total. The summed E-state index contributed by atoms with van der Waals surface area (Å²) in [6, 6.07) is 6.90. The van der Waals surface area contributed by atoms with Gasteiger partial charge in [-0.25, -0.2) is 0 Å². The second-order valence-corrected chi connectivity index (χ2v) is 4.53.